The summed E-state index contributed by atoms with van der Waals surface area (Å²) < 4.78 is 12.0. The van der Waals surface area contributed by atoms with Crippen molar-refractivity contribution < 1.29 is 14.3 Å². The van der Waals surface area contributed by atoms with E-state index in [4.69, 9.17) is 32.7 Å². The molecule has 1 aromatic heterocycles. The van der Waals surface area contributed by atoms with Gasteiger partial charge in [0.15, 0.2) is 11.7 Å². The van der Waals surface area contributed by atoms with Gasteiger partial charge in [-0.15, -0.1) is 12.4 Å². The van der Waals surface area contributed by atoms with Crippen molar-refractivity contribution in [1.29, 1.82) is 0 Å². The molecular weight excluding hydrogens is 469 g/mol. The van der Waals surface area contributed by atoms with Gasteiger partial charge in [0.2, 0.25) is 0 Å². The Balaban J connectivity index is 0.00000320. The van der Waals surface area contributed by atoms with Crippen molar-refractivity contribution in [3.8, 4) is 11.5 Å². The lowest BCUT2D eigenvalue weighted by molar-refractivity contribution is -0.120. The Hall–Kier alpha value is -1.77. The average Bonchev–Trinajstić information content (AvgIpc) is 3.11. The Bertz CT molecular complexity index is 1010. The maximum atomic E-state index is 13.0. The first-order valence-corrected chi connectivity index (χ1v) is 10.4. The van der Waals surface area contributed by atoms with Gasteiger partial charge in [-0.2, -0.15) is 0 Å². The van der Waals surface area contributed by atoms with Gasteiger partial charge >= 0.3 is 0 Å². The number of anilines is 1. The Kier molecular flexibility index (Phi) is 9.00. The van der Waals surface area contributed by atoms with Crippen LogP contribution in [-0.2, 0) is 4.79 Å². The summed E-state index contributed by atoms with van der Waals surface area (Å²) in [6.45, 7) is 0.994. The zero-order valence-electron chi connectivity index (χ0n) is 16.7. The molecule has 0 saturated heterocycles. The molecule has 10 heteroatoms. The molecule has 0 N–H and O–H groups in total. The van der Waals surface area contributed by atoms with E-state index in [9.17, 15) is 4.79 Å². The number of hydrogen-bond donors (Lipinski definition) is 0. The highest BCUT2D eigenvalue weighted by atomic mass is 35.5. The molecule has 1 amide bonds. The lowest BCUT2D eigenvalue weighted by Crippen LogP contribution is -2.39. The number of benzene rings is 2. The van der Waals surface area contributed by atoms with Gasteiger partial charge in [0.1, 0.15) is 17.0 Å². The van der Waals surface area contributed by atoms with Crippen LogP contribution in [0.5, 0.6) is 11.5 Å². The summed E-state index contributed by atoms with van der Waals surface area (Å²) in [7, 11) is 5.51. The molecule has 0 radical (unpaired) electrons. The normalized spacial score (nSPS) is 10.7. The fourth-order valence-corrected chi connectivity index (χ4v) is 4.12. The number of thiazole rings is 1. The SMILES string of the molecule is COc1cccc2sc(N(CCN(C)C)C(=O)COc3ccc(Cl)cc3Cl)nc12.Cl. The van der Waals surface area contributed by atoms with E-state index in [1.807, 2.05) is 37.2 Å². The van der Waals surface area contributed by atoms with E-state index in [1.165, 1.54) is 11.3 Å². The van der Waals surface area contributed by atoms with E-state index in [0.29, 0.717) is 39.8 Å². The minimum absolute atomic E-state index is 0. The number of hydrogen-bond acceptors (Lipinski definition) is 6. The summed E-state index contributed by atoms with van der Waals surface area (Å²) in [5, 5.41) is 1.46. The fourth-order valence-electron chi connectivity index (χ4n) is 2.63. The zero-order valence-corrected chi connectivity index (χ0v) is 19.9. The largest absolute Gasteiger partial charge is 0.494 e. The molecule has 1 heterocycles. The molecule has 2 aromatic carbocycles. The first-order valence-electron chi connectivity index (χ1n) is 8.85. The number of amides is 1. The van der Waals surface area contributed by atoms with Crippen molar-refractivity contribution in [2.24, 2.45) is 0 Å². The molecule has 0 aliphatic heterocycles. The summed E-state index contributed by atoms with van der Waals surface area (Å²) in [5.41, 5.74) is 0.735. The van der Waals surface area contributed by atoms with Gasteiger partial charge in [-0.3, -0.25) is 9.69 Å². The number of methoxy groups -OCH3 is 1. The van der Waals surface area contributed by atoms with Crippen molar-refractivity contribution >= 4 is 68.2 Å². The van der Waals surface area contributed by atoms with Gasteiger partial charge < -0.3 is 14.4 Å². The van der Waals surface area contributed by atoms with Crippen LogP contribution in [0.15, 0.2) is 36.4 Å². The molecule has 3 rings (SSSR count). The maximum Gasteiger partial charge on any atom is 0.266 e. The third-order valence-electron chi connectivity index (χ3n) is 4.14. The lowest BCUT2D eigenvalue weighted by Gasteiger charge is -2.22. The van der Waals surface area contributed by atoms with E-state index in [2.05, 4.69) is 4.98 Å². The van der Waals surface area contributed by atoms with Gasteiger partial charge in [-0.25, -0.2) is 4.98 Å². The molecule has 3 aromatic rings. The zero-order chi connectivity index (χ0) is 21.0. The highest BCUT2D eigenvalue weighted by Crippen LogP contribution is 2.34. The number of para-hydroxylation sites is 1. The van der Waals surface area contributed by atoms with Crippen LogP contribution in [0.4, 0.5) is 5.13 Å². The highest BCUT2D eigenvalue weighted by Gasteiger charge is 2.22. The molecule has 0 atom stereocenters. The summed E-state index contributed by atoms with van der Waals surface area (Å²) in [4.78, 5) is 21.3. The molecule has 0 aliphatic carbocycles. The second-order valence-electron chi connectivity index (χ2n) is 6.52. The predicted molar refractivity (Wildman–Crippen MR) is 126 cm³/mol. The molecule has 162 valence electrons. The lowest BCUT2D eigenvalue weighted by atomic mass is 10.3. The molecule has 0 spiro atoms. The van der Waals surface area contributed by atoms with E-state index >= 15 is 0 Å². The van der Waals surface area contributed by atoms with Gasteiger partial charge in [-0.1, -0.05) is 40.6 Å². The summed E-state index contributed by atoms with van der Waals surface area (Å²) in [6.07, 6.45) is 0. The average molecular weight is 491 g/mol. The predicted octanol–water partition coefficient (Wildman–Crippen LogP) is 5.01. The molecule has 6 nitrogen and oxygen atoms in total. The van der Waals surface area contributed by atoms with Gasteiger partial charge in [0.25, 0.3) is 5.91 Å². The topological polar surface area (TPSA) is 54.9 Å². The van der Waals surface area contributed by atoms with Crippen molar-refractivity contribution in [3.63, 3.8) is 0 Å². The van der Waals surface area contributed by atoms with Crippen LogP contribution in [0.25, 0.3) is 10.2 Å². The number of ether oxygens (including phenoxy) is 2. The van der Waals surface area contributed by atoms with Crippen molar-refractivity contribution in [2.45, 2.75) is 0 Å². The summed E-state index contributed by atoms with van der Waals surface area (Å²) in [6, 6.07) is 10.6. The molecule has 0 aliphatic rings. The Morgan fingerprint density at radius 2 is 1.90 bits per heavy atom. The second-order valence-corrected chi connectivity index (χ2v) is 8.37. The number of fused-ring (bicyclic) bond motifs is 1. The highest BCUT2D eigenvalue weighted by molar-refractivity contribution is 7.22. The van der Waals surface area contributed by atoms with Crippen molar-refractivity contribution in [3.05, 3.63) is 46.4 Å². The molecule has 0 saturated carbocycles. The third kappa shape index (κ3) is 5.89. The van der Waals surface area contributed by atoms with Gasteiger partial charge in [0.05, 0.1) is 16.8 Å². The van der Waals surface area contributed by atoms with E-state index in [1.54, 1.807) is 30.2 Å². The quantitative estimate of drug-likeness (QED) is 0.444. The van der Waals surface area contributed by atoms with Crippen molar-refractivity contribution in [2.75, 3.05) is 45.8 Å². The molecule has 30 heavy (non-hydrogen) atoms. The smallest absolute Gasteiger partial charge is 0.266 e. The van der Waals surface area contributed by atoms with E-state index < -0.39 is 0 Å². The van der Waals surface area contributed by atoms with E-state index in [-0.39, 0.29) is 24.9 Å². The molecule has 0 unspecified atom stereocenters. The van der Waals surface area contributed by atoms with E-state index in [0.717, 1.165) is 10.2 Å². The first kappa shape index (κ1) is 24.5. The number of aromatic nitrogens is 1. The standard InChI is InChI=1S/C20H21Cl2N3O3S.ClH/c1-24(2)9-10-25(18(26)12-28-15-8-7-13(21)11-14(15)22)20-23-19-16(27-3)5-4-6-17(19)29-20;/h4-8,11H,9-10,12H2,1-3H3;1H. The second kappa shape index (κ2) is 11.0. The number of carbonyl (C=O) groups excluding carboxylic acids is 1. The fraction of sp³-hybridized carbons (Fsp3) is 0.300. The van der Waals surface area contributed by atoms with Crippen LogP contribution in [0, 0.1) is 0 Å². The third-order valence-corrected chi connectivity index (χ3v) is 5.71. The number of halogens is 3. The van der Waals surface area contributed by atoms with Gasteiger partial charge in [-0.05, 0) is 44.4 Å². The van der Waals surface area contributed by atoms with Crippen LogP contribution in [0.3, 0.4) is 0 Å². The van der Waals surface area contributed by atoms with Gasteiger partial charge in [0, 0.05) is 18.1 Å². The minimum atomic E-state index is -0.212. The number of rotatable bonds is 8. The Labute approximate surface area is 195 Å². The number of carbonyl (C=O) groups is 1. The molecular formula is C20H22Cl3N3O3S. The Morgan fingerprint density at radius 3 is 2.57 bits per heavy atom. The van der Waals surface area contributed by atoms with Crippen LogP contribution < -0.4 is 14.4 Å². The van der Waals surface area contributed by atoms with Crippen LogP contribution in [-0.4, -0.2) is 56.7 Å². The molecule has 0 fully saturated rings. The molecule has 0 bridgehead atoms. The maximum absolute atomic E-state index is 13.0. The van der Waals surface area contributed by atoms with Crippen LogP contribution >= 0.6 is 46.9 Å². The monoisotopic (exact) mass is 489 g/mol. The first-order chi connectivity index (χ1) is 13.9. The number of likely N-dealkylation sites (N-methyl/N-ethyl adjacent to an activating group) is 1. The summed E-state index contributed by atoms with van der Waals surface area (Å²) >= 11 is 13.5. The minimum Gasteiger partial charge on any atom is -0.494 e. The van der Waals surface area contributed by atoms with Crippen LogP contribution in [0.1, 0.15) is 0 Å². The number of nitrogens with zero attached hydrogens (tertiary/aromatic N) is 3. The Morgan fingerprint density at radius 1 is 1.13 bits per heavy atom. The summed E-state index contributed by atoms with van der Waals surface area (Å²) in [5.74, 6) is 0.869. The van der Waals surface area contributed by atoms with Crippen molar-refractivity contribution in [1.82, 2.24) is 9.88 Å². The van der Waals surface area contributed by atoms with Crippen LogP contribution in [0.2, 0.25) is 10.0 Å².